The van der Waals surface area contributed by atoms with E-state index < -0.39 is 24.5 Å². The zero-order valence-corrected chi connectivity index (χ0v) is 11.2. The highest BCUT2D eigenvalue weighted by Gasteiger charge is 2.32. The van der Waals surface area contributed by atoms with Crippen LogP contribution >= 0.6 is 0 Å². The van der Waals surface area contributed by atoms with Crippen molar-refractivity contribution in [3.63, 3.8) is 0 Å². The van der Waals surface area contributed by atoms with Crippen molar-refractivity contribution < 1.29 is 27.4 Å². The first kappa shape index (κ1) is 16.8. The van der Waals surface area contributed by atoms with E-state index in [0.29, 0.717) is 5.56 Å². The van der Waals surface area contributed by atoms with Gasteiger partial charge in [-0.05, 0) is 24.6 Å². The van der Waals surface area contributed by atoms with Gasteiger partial charge in [0, 0.05) is 12.1 Å². The molecule has 0 spiro atoms. The Labute approximate surface area is 119 Å². The van der Waals surface area contributed by atoms with Crippen LogP contribution < -0.4 is 10.5 Å². The average molecular weight is 302 g/mol. The van der Waals surface area contributed by atoms with Gasteiger partial charge in [-0.3, -0.25) is 4.79 Å². The Hall–Kier alpha value is -2.27. The van der Waals surface area contributed by atoms with Crippen LogP contribution in [0.1, 0.15) is 23.6 Å². The number of carbonyl (C=O) groups excluding carboxylic acids is 1. The summed E-state index contributed by atoms with van der Waals surface area (Å²) in [5.41, 5.74) is 5.68. The van der Waals surface area contributed by atoms with E-state index in [0.717, 1.165) is 6.07 Å². The van der Waals surface area contributed by atoms with Crippen LogP contribution in [0.15, 0.2) is 12.1 Å². The van der Waals surface area contributed by atoms with Crippen LogP contribution in [0.2, 0.25) is 0 Å². The topological polar surface area (TPSA) is 85.3 Å². The number of hydrogen-bond acceptors (Lipinski definition) is 5. The molecule has 0 bridgehead atoms. The number of alkyl halides is 3. The summed E-state index contributed by atoms with van der Waals surface area (Å²) in [7, 11) is 0. The third-order valence-corrected chi connectivity index (χ3v) is 2.49. The van der Waals surface area contributed by atoms with Gasteiger partial charge in [-0.25, -0.2) is 0 Å². The van der Waals surface area contributed by atoms with E-state index in [4.69, 9.17) is 11.0 Å². The van der Waals surface area contributed by atoms with Crippen molar-refractivity contribution in [3.8, 4) is 11.8 Å². The summed E-state index contributed by atoms with van der Waals surface area (Å²) in [5.74, 6) is -1.30. The molecular weight excluding hydrogens is 289 g/mol. The Morgan fingerprint density at radius 1 is 1.38 bits per heavy atom. The van der Waals surface area contributed by atoms with Gasteiger partial charge in [0.1, 0.15) is 5.75 Å². The molecular formula is C13H13F3N2O3. The highest BCUT2D eigenvalue weighted by atomic mass is 19.4. The quantitative estimate of drug-likeness (QED) is 0.841. The molecule has 0 aromatic heterocycles. The van der Waals surface area contributed by atoms with Crippen molar-refractivity contribution in [2.45, 2.75) is 26.3 Å². The third kappa shape index (κ3) is 4.96. The van der Waals surface area contributed by atoms with Gasteiger partial charge in [0.15, 0.2) is 0 Å². The first-order chi connectivity index (χ1) is 9.80. The predicted molar refractivity (Wildman–Crippen MR) is 66.1 cm³/mol. The number of ether oxygens (including phenoxy) is 2. The third-order valence-electron chi connectivity index (χ3n) is 2.49. The Morgan fingerprint density at radius 2 is 2.05 bits per heavy atom. The average Bonchev–Trinajstić information content (AvgIpc) is 2.38. The maximum Gasteiger partial charge on any atom is 0.573 e. The van der Waals surface area contributed by atoms with Gasteiger partial charge in [0.05, 0.1) is 24.7 Å². The summed E-state index contributed by atoms with van der Waals surface area (Å²) in [4.78, 5) is 11.4. The Balaban J connectivity index is 3.23. The van der Waals surface area contributed by atoms with Crippen LogP contribution in [-0.2, 0) is 22.5 Å². The smallest absolute Gasteiger partial charge is 0.466 e. The lowest BCUT2D eigenvalue weighted by Crippen LogP contribution is -2.19. The number of rotatable bonds is 5. The van der Waals surface area contributed by atoms with Gasteiger partial charge in [0.25, 0.3) is 0 Å². The molecule has 0 radical (unpaired) electrons. The Morgan fingerprint density at radius 3 is 2.52 bits per heavy atom. The molecule has 0 aliphatic heterocycles. The summed E-state index contributed by atoms with van der Waals surface area (Å²) < 4.78 is 45.7. The van der Waals surface area contributed by atoms with Crippen LogP contribution in [0.4, 0.5) is 13.2 Å². The predicted octanol–water partition coefficient (Wildman–Crippen LogP) is 2.02. The van der Waals surface area contributed by atoms with Crippen molar-refractivity contribution in [2.75, 3.05) is 6.61 Å². The first-order valence-electron chi connectivity index (χ1n) is 5.98. The number of hydrogen-bond donors (Lipinski definition) is 1. The standard InChI is InChI=1S/C13H13F3N2O3/c1-2-20-12(19)5-8-3-9(6-17)10(7-18)4-11(8)21-13(14,15)16/h3-4H,2,5-6,17H2,1H3. The number of carbonyl (C=O) groups is 1. The van der Waals surface area contributed by atoms with E-state index in [2.05, 4.69) is 9.47 Å². The fourth-order valence-corrected chi connectivity index (χ4v) is 1.67. The molecule has 0 aliphatic rings. The number of benzene rings is 1. The van der Waals surface area contributed by atoms with Crippen molar-refractivity contribution in [1.82, 2.24) is 0 Å². The number of nitrogens with two attached hydrogens (primary N) is 1. The molecule has 0 aliphatic carbocycles. The molecule has 0 saturated heterocycles. The fraction of sp³-hybridized carbons (Fsp3) is 0.385. The van der Waals surface area contributed by atoms with E-state index in [1.165, 1.54) is 6.07 Å². The fourth-order valence-electron chi connectivity index (χ4n) is 1.67. The molecule has 2 N–H and O–H groups in total. The minimum Gasteiger partial charge on any atom is -0.466 e. The summed E-state index contributed by atoms with van der Waals surface area (Å²) in [6, 6.07) is 3.90. The lowest BCUT2D eigenvalue weighted by molar-refractivity contribution is -0.275. The summed E-state index contributed by atoms with van der Waals surface area (Å²) >= 11 is 0. The normalized spacial score (nSPS) is 10.9. The van der Waals surface area contributed by atoms with Gasteiger partial charge in [-0.15, -0.1) is 13.2 Å². The van der Waals surface area contributed by atoms with Crippen molar-refractivity contribution >= 4 is 5.97 Å². The second kappa shape index (κ2) is 6.95. The van der Waals surface area contributed by atoms with Crippen LogP contribution in [0, 0.1) is 11.3 Å². The van der Waals surface area contributed by atoms with E-state index >= 15 is 0 Å². The molecule has 0 heterocycles. The Kier molecular flexibility index (Phi) is 5.55. The summed E-state index contributed by atoms with van der Waals surface area (Å²) in [6.07, 6.45) is -5.33. The lowest BCUT2D eigenvalue weighted by atomic mass is 10.0. The molecule has 0 saturated carbocycles. The maximum absolute atomic E-state index is 12.4. The molecule has 0 amide bonds. The SMILES string of the molecule is CCOC(=O)Cc1cc(CN)c(C#N)cc1OC(F)(F)F. The highest BCUT2D eigenvalue weighted by molar-refractivity contribution is 5.74. The van der Waals surface area contributed by atoms with Crippen LogP contribution in [0.5, 0.6) is 5.75 Å². The van der Waals surface area contributed by atoms with Gasteiger partial charge in [0.2, 0.25) is 0 Å². The molecule has 0 fully saturated rings. The zero-order valence-electron chi connectivity index (χ0n) is 11.2. The minimum absolute atomic E-state index is 0.0368. The van der Waals surface area contributed by atoms with Crippen molar-refractivity contribution in [2.24, 2.45) is 5.73 Å². The summed E-state index contributed by atoms with van der Waals surface area (Å²) in [5, 5.41) is 8.90. The van der Waals surface area contributed by atoms with Gasteiger partial charge in [-0.1, -0.05) is 0 Å². The molecule has 5 nitrogen and oxygen atoms in total. The maximum atomic E-state index is 12.4. The van der Waals surface area contributed by atoms with Crippen LogP contribution in [0.25, 0.3) is 0 Å². The lowest BCUT2D eigenvalue weighted by Gasteiger charge is -2.15. The number of nitriles is 1. The van der Waals surface area contributed by atoms with Gasteiger partial charge >= 0.3 is 12.3 Å². The second-order valence-electron chi connectivity index (χ2n) is 3.96. The molecule has 0 atom stereocenters. The van der Waals surface area contributed by atoms with E-state index in [1.807, 2.05) is 0 Å². The number of nitrogens with zero attached hydrogens (tertiary/aromatic N) is 1. The van der Waals surface area contributed by atoms with Gasteiger partial charge < -0.3 is 15.2 Å². The van der Waals surface area contributed by atoms with E-state index in [-0.39, 0.29) is 24.3 Å². The monoisotopic (exact) mass is 302 g/mol. The second-order valence-corrected chi connectivity index (χ2v) is 3.96. The molecule has 1 rings (SSSR count). The van der Waals surface area contributed by atoms with Gasteiger partial charge in [-0.2, -0.15) is 5.26 Å². The largest absolute Gasteiger partial charge is 0.573 e. The molecule has 1 aromatic rings. The van der Waals surface area contributed by atoms with Crippen molar-refractivity contribution in [3.05, 3.63) is 28.8 Å². The zero-order chi connectivity index (χ0) is 16.0. The molecule has 1 aromatic carbocycles. The molecule has 0 unspecified atom stereocenters. The Bertz CT molecular complexity index is 565. The number of halogens is 3. The molecule has 114 valence electrons. The van der Waals surface area contributed by atoms with Crippen molar-refractivity contribution in [1.29, 1.82) is 5.26 Å². The van der Waals surface area contributed by atoms with Crippen LogP contribution in [0.3, 0.4) is 0 Å². The number of esters is 1. The first-order valence-corrected chi connectivity index (χ1v) is 5.98. The molecule has 8 heteroatoms. The summed E-state index contributed by atoms with van der Waals surface area (Å²) in [6.45, 7) is 1.63. The highest BCUT2D eigenvalue weighted by Crippen LogP contribution is 2.30. The van der Waals surface area contributed by atoms with E-state index in [1.54, 1.807) is 13.0 Å². The van der Waals surface area contributed by atoms with E-state index in [9.17, 15) is 18.0 Å². The minimum atomic E-state index is -4.93. The molecule has 21 heavy (non-hydrogen) atoms. The van der Waals surface area contributed by atoms with Crippen LogP contribution in [-0.4, -0.2) is 18.9 Å².